The molecule has 2 aromatic heterocycles. The predicted molar refractivity (Wildman–Crippen MR) is 89.9 cm³/mol. The summed E-state index contributed by atoms with van der Waals surface area (Å²) in [4.78, 5) is 16.4. The topological polar surface area (TPSA) is 52.8 Å². The molecule has 0 amide bonds. The molecule has 0 bridgehead atoms. The van der Waals surface area contributed by atoms with Crippen LogP contribution in [-0.2, 0) is 6.18 Å². The Labute approximate surface area is 150 Å². The van der Waals surface area contributed by atoms with Crippen LogP contribution in [-0.4, -0.2) is 29.8 Å². The third-order valence-corrected chi connectivity index (χ3v) is 3.79. The highest BCUT2D eigenvalue weighted by atomic mass is 19.4. The summed E-state index contributed by atoms with van der Waals surface area (Å²) in [7, 11) is 1.36. The molecule has 0 radical (unpaired) electrons. The summed E-state index contributed by atoms with van der Waals surface area (Å²) < 4.78 is 63.9. The molecule has 2 heterocycles. The number of hydrogen-bond acceptors (Lipinski definition) is 4. The normalized spacial score (nSPS) is 11.6. The van der Waals surface area contributed by atoms with Gasteiger partial charge in [-0.3, -0.25) is 9.20 Å². The Morgan fingerprint density at radius 2 is 1.81 bits per heavy atom. The maximum Gasteiger partial charge on any atom is 0.434 e. The number of ether oxygens (including phenoxy) is 2. The van der Waals surface area contributed by atoms with Gasteiger partial charge in [-0.25, -0.2) is 9.37 Å². The van der Waals surface area contributed by atoms with Crippen molar-refractivity contribution >= 4 is 5.65 Å². The highest BCUT2D eigenvalue weighted by molar-refractivity contribution is 5.68. The molecule has 9 heteroatoms. The summed E-state index contributed by atoms with van der Waals surface area (Å²) in [6, 6.07) is 8.03. The SMILES string of the molecule is COc1ccn2c(=O)c(-c3ccc(OCCF)cc3)c(C(F)(F)F)nc2c1. The van der Waals surface area contributed by atoms with Crippen molar-refractivity contribution < 1.29 is 27.0 Å². The molecule has 0 aliphatic heterocycles. The lowest BCUT2D eigenvalue weighted by atomic mass is 10.0. The number of halogens is 4. The van der Waals surface area contributed by atoms with Crippen LogP contribution in [0.1, 0.15) is 5.69 Å². The molecule has 0 aliphatic rings. The standard InChI is InChI=1S/C18H14F4N2O3/c1-26-13-6-8-24-14(10-13)23-16(18(20,21)22)15(17(24)25)11-2-4-12(5-3-11)27-9-7-19/h2-6,8,10H,7,9H2,1H3. The number of methoxy groups -OCH3 is 1. The second-order valence-electron chi connectivity index (χ2n) is 5.49. The van der Waals surface area contributed by atoms with Crippen LogP contribution in [0.25, 0.3) is 16.8 Å². The maximum absolute atomic E-state index is 13.6. The first-order valence-electron chi connectivity index (χ1n) is 7.82. The Kier molecular flexibility index (Phi) is 5.02. The Bertz CT molecular complexity index is 1010. The Morgan fingerprint density at radius 3 is 2.41 bits per heavy atom. The predicted octanol–water partition coefficient (Wildman–Crippen LogP) is 3.74. The Balaban J connectivity index is 2.21. The summed E-state index contributed by atoms with van der Waals surface area (Å²) in [5.41, 5.74) is -2.90. The van der Waals surface area contributed by atoms with Crippen LogP contribution in [0.15, 0.2) is 47.4 Å². The van der Waals surface area contributed by atoms with Crippen LogP contribution >= 0.6 is 0 Å². The molecule has 0 saturated carbocycles. The van der Waals surface area contributed by atoms with E-state index in [0.717, 1.165) is 4.40 Å². The molecule has 0 unspecified atom stereocenters. The first kappa shape index (κ1) is 18.7. The van der Waals surface area contributed by atoms with Gasteiger partial charge in [0, 0.05) is 12.3 Å². The zero-order valence-electron chi connectivity index (χ0n) is 14.1. The number of alkyl halides is 4. The van der Waals surface area contributed by atoms with Gasteiger partial charge in [-0.2, -0.15) is 13.2 Å². The van der Waals surface area contributed by atoms with E-state index in [1.807, 2.05) is 0 Å². The lowest BCUT2D eigenvalue weighted by Gasteiger charge is -2.14. The van der Waals surface area contributed by atoms with Gasteiger partial charge in [-0.15, -0.1) is 0 Å². The molecular weight excluding hydrogens is 368 g/mol. The molecule has 3 rings (SSSR count). The van der Waals surface area contributed by atoms with Crippen molar-refractivity contribution in [3.05, 3.63) is 58.6 Å². The summed E-state index contributed by atoms with van der Waals surface area (Å²) in [6.45, 7) is -0.867. The lowest BCUT2D eigenvalue weighted by Crippen LogP contribution is -2.24. The second-order valence-corrected chi connectivity index (χ2v) is 5.49. The molecule has 142 valence electrons. The molecular formula is C18H14F4N2O3. The highest BCUT2D eigenvalue weighted by Gasteiger charge is 2.38. The molecule has 0 spiro atoms. The zero-order valence-corrected chi connectivity index (χ0v) is 14.1. The van der Waals surface area contributed by atoms with Crippen molar-refractivity contribution in [2.45, 2.75) is 6.18 Å². The van der Waals surface area contributed by atoms with Gasteiger partial charge in [0.2, 0.25) is 0 Å². The zero-order chi connectivity index (χ0) is 19.6. The van der Waals surface area contributed by atoms with Crippen molar-refractivity contribution in [2.24, 2.45) is 0 Å². The van der Waals surface area contributed by atoms with Crippen LogP contribution in [0.4, 0.5) is 17.6 Å². The average molecular weight is 382 g/mol. The van der Waals surface area contributed by atoms with Gasteiger partial charge in [0.05, 0.1) is 12.7 Å². The fourth-order valence-electron chi connectivity index (χ4n) is 2.59. The van der Waals surface area contributed by atoms with E-state index in [1.165, 1.54) is 49.7 Å². The smallest absolute Gasteiger partial charge is 0.434 e. The largest absolute Gasteiger partial charge is 0.497 e. The van der Waals surface area contributed by atoms with Crippen LogP contribution in [0, 0.1) is 0 Å². The number of benzene rings is 1. The van der Waals surface area contributed by atoms with E-state index in [9.17, 15) is 22.4 Å². The minimum Gasteiger partial charge on any atom is -0.497 e. The van der Waals surface area contributed by atoms with Crippen molar-refractivity contribution in [1.82, 2.24) is 9.38 Å². The van der Waals surface area contributed by atoms with E-state index in [4.69, 9.17) is 9.47 Å². The lowest BCUT2D eigenvalue weighted by molar-refractivity contribution is -0.140. The average Bonchev–Trinajstić information content (AvgIpc) is 2.65. The van der Waals surface area contributed by atoms with Crippen LogP contribution in [0.5, 0.6) is 11.5 Å². The van der Waals surface area contributed by atoms with E-state index in [-0.39, 0.29) is 29.3 Å². The number of fused-ring (bicyclic) bond motifs is 1. The van der Waals surface area contributed by atoms with Crippen LogP contribution in [0.2, 0.25) is 0 Å². The Hall–Kier alpha value is -3.10. The maximum atomic E-state index is 13.6. The molecule has 0 saturated heterocycles. The molecule has 1 aromatic carbocycles. The number of pyridine rings is 1. The van der Waals surface area contributed by atoms with E-state index in [2.05, 4.69) is 4.98 Å². The molecule has 0 aliphatic carbocycles. The quantitative estimate of drug-likeness (QED) is 0.631. The summed E-state index contributed by atoms with van der Waals surface area (Å²) in [5.74, 6) is 0.556. The number of rotatable bonds is 5. The third kappa shape index (κ3) is 3.71. The van der Waals surface area contributed by atoms with Gasteiger partial charge < -0.3 is 9.47 Å². The van der Waals surface area contributed by atoms with Crippen molar-refractivity contribution in [3.8, 4) is 22.6 Å². The summed E-state index contributed by atoms with van der Waals surface area (Å²) in [6.07, 6.45) is -3.54. The highest BCUT2D eigenvalue weighted by Crippen LogP contribution is 2.35. The molecule has 0 fully saturated rings. The Morgan fingerprint density at radius 1 is 1.11 bits per heavy atom. The van der Waals surface area contributed by atoms with Gasteiger partial charge >= 0.3 is 6.18 Å². The van der Waals surface area contributed by atoms with Gasteiger partial charge in [-0.05, 0) is 23.8 Å². The minimum absolute atomic E-state index is 0.0256. The minimum atomic E-state index is -4.84. The van der Waals surface area contributed by atoms with E-state index < -0.39 is 29.7 Å². The molecule has 27 heavy (non-hydrogen) atoms. The number of nitrogens with zero attached hydrogens (tertiary/aromatic N) is 2. The monoisotopic (exact) mass is 382 g/mol. The fourth-order valence-corrected chi connectivity index (χ4v) is 2.59. The number of hydrogen-bond donors (Lipinski definition) is 0. The van der Waals surface area contributed by atoms with E-state index in [1.54, 1.807) is 0 Å². The third-order valence-electron chi connectivity index (χ3n) is 3.79. The molecule has 5 nitrogen and oxygen atoms in total. The van der Waals surface area contributed by atoms with Crippen molar-refractivity contribution in [1.29, 1.82) is 0 Å². The molecule has 0 atom stereocenters. The fraction of sp³-hybridized carbons (Fsp3) is 0.222. The number of aromatic nitrogens is 2. The second kappa shape index (κ2) is 7.26. The van der Waals surface area contributed by atoms with Crippen molar-refractivity contribution in [3.63, 3.8) is 0 Å². The summed E-state index contributed by atoms with van der Waals surface area (Å²) >= 11 is 0. The summed E-state index contributed by atoms with van der Waals surface area (Å²) in [5, 5.41) is 0. The van der Waals surface area contributed by atoms with Crippen LogP contribution < -0.4 is 15.0 Å². The van der Waals surface area contributed by atoms with E-state index in [0.29, 0.717) is 0 Å². The van der Waals surface area contributed by atoms with Gasteiger partial charge in [0.25, 0.3) is 5.56 Å². The molecule has 0 N–H and O–H groups in total. The molecule has 3 aromatic rings. The first-order chi connectivity index (χ1) is 12.8. The van der Waals surface area contributed by atoms with Gasteiger partial charge in [0.1, 0.15) is 30.4 Å². The van der Waals surface area contributed by atoms with Crippen LogP contribution in [0.3, 0.4) is 0 Å². The first-order valence-corrected chi connectivity index (χ1v) is 7.82. The van der Waals surface area contributed by atoms with Crippen molar-refractivity contribution in [2.75, 3.05) is 20.4 Å². The van der Waals surface area contributed by atoms with E-state index >= 15 is 0 Å². The van der Waals surface area contributed by atoms with Gasteiger partial charge in [0.15, 0.2) is 5.69 Å². The van der Waals surface area contributed by atoms with Gasteiger partial charge in [-0.1, -0.05) is 12.1 Å².